The Morgan fingerprint density at radius 3 is 3.18 bits per heavy atom. The van der Waals surface area contributed by atoms with E-state index in [0.29, 0.717) is 11.4 Å². The maximum absolute atomic E-state index is 10.7. The summed E-state index contributed by atoms with van der Waals surface area (Å²) >= 11 is 0. The smallest absolute Gasteiger partial charge is 0.318 e. The summed E-state index contributed by atoms with van der Waals surface area (Å²) in [5, 5.41) is 2.51. The van der Waals surface area contributed by atoms with Crippen molar-refractivity contribution in [1.29, 1.82) is 0 Å². The molecule has 0 fully saturated rings. The molecule has 0 aliphatic carbocycles. The van der Waals surface area contributed by atoms with Crippen molar-refractivity contribution >= 4 is 18.0 Å². The third-order valence-electron chi connectivity index (χ3n) is 1.51. The molecular formula is C6H6N4O. The number of carbonyl (C=O) groups excluding carboxylic acids is 1. The van der Waals surface area contributed by atoms with Crippen molar-refractivity contribution in [3.8, 4) is 0 Å². The van der Waals surface area contributed by atoms with E-state index >= 15 is 0 Å². The van der Waals surface area contributed by atoms with E-state index in [4.69, 9.17) is 5.73 Å². The summed E-state index contributed by atoms with van der Waals surface area (Å²) in [6.45, 7) is 0. The van der Waals surface area contributed by atoms with Crippen molar-refractivity contribution in [3.63, 3.8) is 0 Å². The van der Waals surface area contributed by atoms with Gasteiger partial charge in [0, 0.05) is 6.21 Å². The van der Waals surface area contributed by atoms with Gasteiger partial charge in [-0.3, -0.25) is 4.99 Å². The number of nitrogens with zero attached hydrogens (tertiary/aromatic N) is 2. The van der Waals surface area contributed by atoms with Gasteiger partial charge in [-0.25, -0.2) is 4.79 Å². The van der Waals surface area contributed by atoms with E-state index in [0.717, 1.165) is 0 Å². The van der Waals surface area contributed by atoms with Crippen LogP contribution in [0.5, 0.6) is 0 Å². The molecule has 0 aromatic rings. The van der Waals surface area contributed by atoms with Crippen LogP contribution >= 0.6 is 0 Å². The number of amides is 2. The molecule has 2 aliphatic rings. The molecule has 2 amide bonds. The Bertz CT molecular complexity index is 302. The first-order valence-corrected chi connectivity index (χ1v) is 3.16. The Hall–Kier alpha value is -1.49. The number of hydrogen-bond acceptors (Lipinski definition) is 3. The molecule has 0 saturated heterocycles. The fourth-order valence-corrected chi connectivity index (χ4v) is 1.01. The van der Waals surface area contributed by atoms with Crippen LogP contribution in [0, 0.1) is 0 Å². The van der Waals surface area contributed by atoms with Gasteiger partial charge in [-0.05, 0) is 0 Å². The molecule has 56 valence electrons. The van der Waals surface area contributed by atoms with Crippen LogP contribution in [0.4, 0.5) is 4.79 Å². The highest BCUT2D eigenvalue weighted by atomic mass is 16.2. The lowest BCUT2D eigenvalue weighted by molar-refractivity contribution is 0.253. The van der Waals surface area contributed by atoms with Crippen molar-refractivity contribution in [3.05, 3.63) is 11.9 Å². The number of hydrogen-bond donors (Lipinski definition) is 2. The number of nitrogens with one attached hydrogen (secondary N) is 1. The molecule has 1 unspecified atom stereocenters. The molecule has 2 heterocycles. The first kappa shape index (κ1) is 6.23. The number of urea groups is 1. The predicted octanol–water partition coefficient (Wildman–Crippen LogP) is -0.596. The summed E-state index contributed by atoms with van der Waals surface area (Å²) in [6.07, 6.45) is 3.08. The zero-order chi connectivity index (χ0) is 7.84. The van der Waals surface area contributed by atoms with Gasteiger partial charge in [-0.15, -0.1) is 0 Å². The molecule has 0 aromatic heterocycles. The van der Waals surface area contributed by atoms with Crippen LogP contribution in [0.2, 0.25) is 0 Å². The van der Waals surface area contributed by atoms with Gasteiger partial charge in [0.05, 0.1) is 23.7 Å². The van der Waals surface area contributed by atoms with Gasteiger partial charge >= 0.3 is 6.03 Å². The molecule has 0 radical (unpaired) electrons. The Morgan fingerprint density at radius 2 is 2.45 bits per heavy atom. The van der Waals surface area contributed by atoms with Crippen LogP contribution in [-0.2, 0) is 0 Å². The van der Waals surface area contributed by atoms with Crippen LogP contribution in [0.3, 0.4) is 0 Å². The van der Waals surface area contributed by atoms with Gasteiger partial charge in [-0.1, -0.05) is 0 Å². The maximum atomic E-state index is 10.7. The molecule has 5 nitrogen and oxygen atoms in total. The summed E-state index contributed by atoms with van der Waals surface area (Å²) in [7, 11) is 0. The monoisotopic (exact) mass is 150 g/mol. The van der Waals surface area contributed by atoms with Crippen molar-refractivity contribution in [2.75, 3.05) is 0 Å². The van der Waals surface area contributed by atoms with E-state index in [1.165, 1.54) is 6.20 Å². The van der Waals surface area contributed by atoms with Gasteiger partial charge < -0.3 is 11.1 Å². The fourth-order valence-electron chi connectivity index (χ4n) is 1.01. The Labute approximate surface area is 62.7 Å². The van der Waals surface area contributed by atoms with Crippen molar-refractivity contribution in [2.24, 2.45) is 15.7 Å². The third-order valence-corrected chi connectivity index (χ3v) is 1.51. The predicted molar refractivity (Wildman–Crippen MR) is 40.5 cm³/mol. The standard InChI is InChI=1S/C6H6N4O/c7-3-1-8-2-4-5(3)10-6(11)9-4/h1-3H,7H2,(H,9,11). The Kier molecular flexibility index (Phi) is 1.13. The second-order valence-corrected chi connectivity index (χ2v) is 2.29. The molecule has 11 heavy (non-hydrogen) atoms. The third kappa shape index (κ3) is 0.857. The number of fused-ring (bicyclic) bond motifs is 1. The van der Waals surface area contributed by atoms with Crippen molar-refractivity contribution < 1.29 is 4.79 Å². The average molecular weight is 150 g/mol. The zero-order valence-electron chi connectivity index (χ0n) is 5.61. The average Bonchev–Trinajstić information content (AvgIpc) is 2.31. The van der Waals surface area contributed by atoms with E-state index in [-0.39, 0.29) is 12.1 Å². The summed E-state index contributed by atoms with van der Waals surface area (Å²) in [5.74, 6) is 0. The molecule has 0 spiro atoms. The minimum Gasteiger partial charge on any atom is -0.318 e. The van der Waals surface area contributed by atoms with Gasteiger partial charge in [0.1, 0.15) is 0 Å². The minimum atomic E-state index is -0.368. The molecule has 0 aromatic carbocycles. The number of nitrogens with two attached hydrogens (primary N) is 1. The molecule has 2 rings (SSSR count). The van der Waals surface area contributed by atoms with Crippen LogP contribution < -0.4 is 11.1 Å². The quantitative estimate of drug-likeness (QED) is 0.483. The highest BCUT2D eigenvalue weighted by Gasteiger charge is 2.25. The molecule has 5 heteroatoms. The normalized spacial score (nSPS) is 27.4. The Balaban J connectivity index is 2.43. The number of aliphatic imine (C=N–C) groups is 2. The van der Waals surface area contributed by atoms with Crippen LogP contribution in [0.25, 0.3) is 0 Å². The lowest BCUT2D eigenvalue weighted by Gasteiger charge is -2.09. The van der Waals surface area contributed by atoms with Gasteiger partial charge in [-0.2, -0.15) is 4.99 Å². The number of rotatable bonds is 0. The van der Waals surface area contributed by atoms with Crippen molar-refractivity contribution in [1.82, 2.24) is 5.32 Å². The molecule has 0 bridgehead atoms. The topological polar surface area (TPSA) is 79.8 Å². The zero-order valence-corrected chi connectivity index (χ0v) is 5.61. The first-order valence-electron chi connectivity index (χ1n) is 3.16. The lowest BCUT2D eigenvalue weighted by atomic mass is 10.1. The molecule has 2 aliphatic heterocycles. The van der Waals surface area contributed by atoms with E-state index in [1.807, 2.05) is 0 Å². The highest BCUT2D eigenvalue weighted by Crippen LogP contribution is 2.09. The summed E-state index contributed by atoms with van der Waals surface area (Å²) in [4.78, 5) is 18.2. The summed E-state index contributed by atoms with van der Waals surface area (Å²) < 4.78 is 0. The van der Waals surface area contributed by atoms with E-state index in [2.05, 4.69) is 15.3 Å². The van der Waals surface area contributed by atoms with Crippen LogP contribution in [0.1, 0.15) is 0 Å². The summed E-state index contributed by atoms with van der Waals surface area (Å²) in [6, 6.07) is -0.721. The SMILES string of the molecule is NC1C=NC=C2NC(=O)N=C21. The maximum Gasteiger partial charge on any atom is 0.345 e. The number of carbonyl (C=O) groups is 1. The largest absolute Gasteiger partial charge is 0.345 e. The highest BCUT2D eigenvalue weighted by molar-refractivity contribution is 6.21. The lowest BCUT2D eigenvalue weighted by Crippen LogP contribution is -2.35. The van der Waals surface area contributed by atoms with Crippen LogP contribution in [0.15, 0.2) is 21.9 Å². The fraction of sp³-hybridized carbons (Fsp3) is 0.167. The Morgan fingerprint density at radius 1 is 1.64 bits per heavy atom. The molecular weight excluding hydrogens is 144 g/mol. The van der Waals surface area contributed by atoms with Crippen LogP contribution in [-0.4, -0.2) is 24.0 Å². The van der Waals surface area contributed by atoms with E-state index in [9.17, 15) is 4.79 Å². The first-order chi connectivity index (χ1) is 5.27. The van der Waals surface area contributed by atoms with Gasteiger partial charge in [0.15, 0.2) is 0 Å². The molecule has 1 atom stereocenters. The van der Waals surface area contributed by atoms with Gasteiger partial charge in [0.25, 0.3) is 0 Å². The minimum absolute atomic E-state index is 0.353. The summed E-state index contributed by atoms with van der Waals surface area (Å²) in [5.41, 5.74) is 6.76. The molecule has 3 N–H and O–H groups in total. The van der Waals surface area contributed by atoms with E-state index < -0.39 is 0 Å². The molecule has 0 saturated carbocycles. The second kappa shape index (κ2) is 2.00. The van der Waals surface area contributed by atoms with E-state index in [1.54, 1.807) is 6.21 Å². The van der Waals surface area contributed by atoms with Gasteiger partial charge in [0.2, 0.25) is 0 Å². The van der Waals surface area contributed by atoms with Crippen molar-refractivity contribution in [2.45, 2.75) is 6.04 Å². The second-order valence-electron chi connectivity index (χ2n) is 2.29.